The van der Waals surface area contributed by atoms with Crippen molar-refractivity contribution in [1.29, 1.82) is 0 Å². The highest BCUT2D eigenvalue weighted by Crippen LogP contribution is 2.38. The molecular formula is C28H25N3O2. The molecule has 0 aliphatic carbocycles. The van der Waals surface area contributed by atoms with Gasteiger partial charge in [-0.15, -0.1) is 0 Å². The fraction of sp³-hybridized carbons (Fsp3) is 0.179. The molecule has 5 heteroatoms. The van der Waals surface area contributed by atoms with Gasteiger partial charge in [-0.05, 0) is 42.7 Å². The smallest absolute Gasteiger partial charge is 0.272 e. The maximum absolute atomic E-state index is 13.5. The molecule has 2 atom stereocenters. The molecule has 3 aromatic rings. The third-order valence-electron chi connectivity index (χ3n) is 5.90. The van der Waals surface area contributed by atoms with Gasteiger partial charge in [-0.2, -0.15) is 0 Å². The van der Waals surface area contributed by atoms with Crippen molar-refractivity contribution in [2.24, 2.45) is 4.99 Å². The Morgan fingerprint density at radius 2 is 1.58 bits per heavy atom. The van der Waals surface area contributed by atoms with Crippen LogP contribution in [0.1, 0.15) is 25.3 Å². The number of methoxy groups -OCH3 is 1. The highest BCUT2D eigenvalue weighted by molar-refractivity contribution is 6.09. The van der Waals surface area contributed by atoms with Crippen molar-refractivity contribution in [3.05, 3.63) is 107 Å². The van der Waals surface area contributed by atoms with E-state index in [-0.39, 0.29) is 5.91 Å². The number of amides is 1. The van der Waals surface area contributed by atoms with Crippen LogP contribution in [0.4, 0.5) is 5.69 Å². The van der Waals surface area contributed by atoms with Crippen molar-refractivity contribution < 1.29 is 9.53 Å². The maximum atomic E-state index is 13.5. The molecule has 2 unspecified atom stereocenters. The summed E-state index contributed by atoms with van der Waals surface area (Å²) in [7, 11) is 1.57. The highest BCUT2D eigenvalue weighted by atomic mass is 16.5. The first kappa shape index (κ1) is 22.0. The number of rotatable bonds is 5. The van der Waals surface area contributed by atoms with Gasteiger partial charge in [0, 0.05) is 5.70 Å². The van der Waals surface area contributed by atoms with Crippen molar-refractivity contribution in [1.82, 2.24) is 0 Å². The SMILES string of the molecule is [C-]#[N+]C1C(C)=NC(C)=C(C(=O)Nc2ccccc2OC)C1c1ccc(-c2ccccc2)cc1. The Morgan fingerprint density at radius 3 is 2.24 bits per heavy atom. The lowest BCUT2D eigenvalue weighted by Crippen LogP contribution is -2.33. The minimum Gasteiger partial charge on any atom is -0.495 e. The molecule has 1 aliphatic heterocycles. The molecular weight excluding hydrogens is 410 g/mol. The average molecular weight is 436 g/mol. The van der Waals surface area contributed by atoms with Crippen LogP contribution in [0, 0.1) is 6.57 Å². The van der Waals surface area contributed by atoms with Crippen molar-refractivity contribution in [2.45, 2.75) is 25.8 Å². The second-order valence-corrected chi connectivity index (χ2v) is 7.95. The van der Waals surface area contributed by atoms with Crippen molar-refractivity contribution in [3.63, 3.8) is 0 Å². The molecule has 3 aromatic carbocycles. The lowest BCUT2D eigenvalue weighted by Gasteiger charge is -2.27. The molecule has 0 aromatic heterocycles. The van der Waals surface area contributed by atoms with Crippen LogP contribution in [-0.4, -0.2) is 24.8 Å². The van der Waals surface area contributed by atoms with Crippen LogP contribution in [0.15, 0.2) is 95.1 Å². The van der Waals surface area contributed by atoms with E-state index < -0.39 is 12.0 Å². The molecule has 4 rings (SSSR count). The number of para-hydroxylation sites is 2. The molecule has 0 saturated heterocycles. The van der Waals surface area contributed by atoms with Gasteiger partial charge in [0.2, 0.25) is 0 Å². The van der Waals surface area contributed by atoms with Crippen molar-refractivity contribution >= 4 is 17.3 Å². The largest absolute Gasteiger partial charge is 0.495 e. The first-order valence-electron chi connectivity index (χ1n) is 10.8. The number of hydrogen-bond acceptors (Lipinski definition) is 3. The van der Waals surface area contributed by atoms with Crippen LogP contribution >= 0.6 is 0 Å². The Bertz CT molecular complexity index is 1270. The highest BCUT2D eigenvalue weighted by Gasteiger charge is 2.41. The third-order valence-corrected chi connectivity index (χ3v) is 5.90. The monoisotopic (exact) mass is 435 g/mol. The summed E-state index contributed by atoms with van der Waals surface area (Å²) in [6.07, 6.45) is 0. The predicted octanol–water partition coefficient (Wildman–Crippen LogP) is 6.12. The minimum atomic E-state index is -0.547. The van der Waals surface area contributed by atoms with Crippen LogP contribution in [0.25, 0.3) is 16.0 Å². The van der Waals surface area contributed by atoms with E-state index in [0.29, 0.717) is 28.4 Å². The number of carbonyl (C=O) groups excluding carboxylic acids is 1. The molecule has 5 nitrogen and oxygen atoms in total. The molecule has 1 aliphatic rings. The first-order valence-corrected chi connectivity index (χ1v) is 10.8. The Labute approximate surface area is 194 Å². The van der Waals surface area contributed by atoms with E-state index in [4.69, 9.17) is 11.3 Å². The molecule has 33 heavy (non-hydrogen) atoms. The second kappa shape index (κ2) is 9.54. The number of benzene rings is 3. The van der Waals surface area contributed by atoms with Gasteiger partial charge in [0.05, 0.1) is 30.0 Å². The predicted molar refractivity (Wildman–Crippen MR) is 132 cm³/mol. The van der Waals surface area contributed by atoms with E-state index in [1.807, 2.05) is 68.4 Å². The van der Waals surface area contributed by atoms with Gasteiger partial charge in [0.15, 0.2) is 0 Å². The fourth-order valence-electron chi connectivity index (χ4n) is 4.29. The average Bonchev–Trinajstić information content (AvgIpc) is 2.84. The van der Waals surface area contributed by atoms with Gasteiger partial charge in [-0.3, -0.25) is 9.79 Å². The number of ether oxygens (including phenoxy) is 1. The molecule has 0 bridgehead atoms. The zero-order valence-electron chi connectivity index (χ0n) is 18.9. The van der Waals surface area contributed by atoms with Gasteiger partial charge in [-0.25, -0.2) is 6.57 Å². The first-order chi connectivity index (χ1) is 16.0. The topological polar surface area (TPSA) is 55.0 Å². The Balaban J connectivity index is 1.73. The summed E-state index contributed by atoms with van der Waals surface area (Å²) in [6, 6.07) is 24.9. The standard InChI is InChI=1S/C28H25N3O2/c1-18-25(28(32)31-23-12-8-9-13-24(23)33-4)26(27(29-3)19(2)30-18)22-16-14-21(15-17-22)20-10-6-5-7-11-20/h5-17,26-27H,1-2,4H3,(H,31,32). The Hall–Kier alpha value is -4.17. The van der Waals surface area contributed by atoms with Gasteiger partial charge in [-0.1, -0.05) is 66.7 Å². The van der Waals surface area contributed by atoms with E-state index in [1.54, 1.807) is 19.2 Å². The second-order valence-electron chi connectivity index (χ2n) is 7.95. The van der Waals surface area contributed by atoms with Crippen molar-refractivity contribution in [2.75, 3.05) is 12.4 Å². The quantitative estimate of drug-likeness (QED) is 0.491. The summed E-state index contributed by atoms with van der Waals surface area (Å²) in [5.41, 5.74) is 5.53. The normalized spacial score (nSPS) is 17.7. The molecule has 1 heterocycles. The van der Waals surface area contributed by atoms with Crippen molar-refractivity contribution in [3.8, 4) is 16.9 Å². The summed E-state index contributed by atoms with van der Waals surface area (Å²) in [5.74, 6) is -0.122. The van der Waals surface area contributed by atoms with Gasteiger partial charge in [0.1, 0.15) is 5.75 Å². The van der Waals surface area contributed by atoms with E-state index >= 15 is 0 Å². The minimum absolute atomic E-state index is 0.279. The number of nitrogens with zero attached hydrogens (tertiary/aromatic N) is 2. The van der Waals surface area contributed by atoms with Gasteiger partial charge in [0.25, 0.3) is 11.9 Å². The van der Waals surface area contributed by atoms with Crippen LogP contribution in [0.2, 0.25) is 0 Å². The third kappa shape index (κ3) is 4.42. The number of carbonyl (C=O) groups is 1. The van der Waals surface area contributed by atoms with E-state index in [1.165, 1.54) is 0 Å². The van der Waals surface area contributed by atoms with E-state index in [0.717, 1.165) is 16.7 Å². The Kier molecular flexibility index (Phi) is 6.37. The summed E-state index contributed by atoms with van der Waals surface area (Å²) in [5, 5.41) is 2.96. The molecule has 1 N–H and O–H groups in total. The lowest BCUT2D eigenvalue weighted by molar-refractivity contribution is -0.113. The molecule has 0 radical (unpaired) electrons. The summed E-state index contributed by atoms with van der Waals surface area (Å²) in [6.45, 7) is 11.5. The lowest BCUT2D eigenvalue weighted by atomic mass is 9.79. The number of nitrogens with one attached hydrogen (secondary N) is 1. The molecule has 164 valence electrons. The number of hydrogen-bond donors (Lipinski definition) is 1. The maximum Gasteiger partial charge on any atom is 0.272 e. The van der Waals surface area contributed by atoms with Crippen LogP contribution < -0.4 is 10.1 Å². The summed E-state index contributed by atoms with van der Waals surface area (Å²) < 4.78 is 5.38. The van der Waals surface area contributed by atoms with E-state index in [2.05, 4.69) is 27.3 Å². The summed E-state index contributed by atoms with van der Waals surface area (Å²) in [4.78, 5) is 21.9. The summed E-state index contributed by atoms with van der Waals surface area (Å²) >= 11 is 0. The molecule has 0 spiro atoms. The number of allylic oxidation sites excluding steroid dienone is 1. The van der Waals surface area contributed by atoms with E-state index in [9.17, 15) is 4.79 Å². The zero-order valence-corrected chi connectivity index (χ0v) is 18.9. The Morgan fingerprint density at radius 1 is 0.939 bits per heavy atom. The fourth-order valence-corrected chi connectivity index (χ4v) is 4.29. The molecule has 0 fully saturated rings. The van der Waals surface area contributed by atoms with Gasteiger partial charge >= 0.3 is 0 Å². The van der Waals surface area contributed by atoms with Crippen LogP contribution in [0.3, 0.4) is 0 Å². The zero-order chi connectivity index (χ0) is 23.4. The van der Waals surface area contributed by atoms with Crippen LogP contribution in [0.5, 0.6) is 5.75 Å². The number of anilines is 1. The van der Waals surface area contributed by atoms with Gasteiger partial charge < -0.3 is 14.9 Å². The molecule has 1 amide bonds. The molecule has 0 saturated carbocycles. The van der Waals surface area contributed by atoms with Crippen LogP contribution in [-0.2, 0) is 4.79 Å². The number of aliphatic imine (C=N–C) groups is 1.